The van der Waals surface area contributed by atoms with E-state index in [0.29, 0.717) is 6.61 Å². The van der Waals surface area contributed by atoms with Crippen LogP contribution in [0.25, 0.3) is 0 Å². The molecule has 0 saturated carbocycles. The molecule has 0 N–H and O–H groups in total. The monoisotopic (exact) mass is 136 g/mol. The fourth-order valence-electron chi connectivity index (χ4n) is 0.628. The first-order valence-corrected chi connectivity index (χ1v) is 4.49. The molecule has 2 atom stereocenters. The molecule has 1 heterocycles. The fourth-order valence-corrected chi connectivity index (χ4v) is 1.88. The van der Waals surface area contributed by atoms with Crippen LogP contribution in [0, 0.1) is 0 Å². The maximum absolute atomic E-state index is 10.8. The minimum atomic E-state index is -2.60. The zero-order valence-corrected chi connectivity index (χ0v) is 5.85. The van der Waals surface area contributed by atoms with Crippen molar-refractivity contribution in [2.45, 2.75) is 13.0 Å². The Hall–Kier alpha value is 0.150. The van der Waals surface area contributed by atoms with Crippen LogP contribution in [0.2, 0.25) is 0 Å². The molecular formula is C4H9O3P. The van der Waals surface area contributed by atoms with Crippen LogP contribution in [-0.4, -0.2) is 19.4 Å². The van der Waals surface area contributed by atoms with Crippen molar-refractivity contribution < 1.29 is 13.6 Å². The third-order valence-electron chi connectivity index (χ3n) is 0.915. The van der Waals surface area contributed by atoms with Crippen LogP contribution >= 0.6 is 7.60 Å². The summed E-state index contributed by atoms with van der Waals surface area (Å²) >= 11 is 0. The highest BCUT2D eigenvalue weighted by atomic mass is 31.2. The van der Waals surface area contributed by atoms with Crippen molar-refractivity contribution in [2.24, 2.45) is 0 Å². The predicted molar refractivity (Wildman–Crippen MR) is 30.0 cm³/mol. The molecule has 2 unspecified atom stereocenters. The summed E-state index contributed by atoms with van der Waals surface area (Å²) in [5.74, 6) is 0. The summed E-state index contributed by atoms with van der Waals surface area (Å²) in [5.41, 5.74) is 0. The van der Waals surface area contributed by atoms with Crippen molar-refractivity contribution in [1.29, 1.82) is 0 Å². The molecule has 0 amide bonds. The van der Waals surface area contributed by atoms with Crippen LogP contribution in [-0.2, 0) is 13.6 Å². The fraction of sp³-hybridized carbons (Fsp3) is 1.00. The normalized spacial score (nSPS) is 47.5. The van der Waals surface area contributed by atoms with E-state index in [2.05, 4.69) is 0 Å². The van der Waals surface area contributed by atoms with Gasteiger partial charge in [-0.3, -0.25) is 4.57 Å². The van der Waals surface area contributed by atoms with E-state index in [-0.39, 0.29) is 6.10 Å². The van der Waals surface area contributed by atoms with Gasteiger partial charge in [-0.1, -0.05) is 0 Å². The Bertz CT molecular complexity index is 133. The van der Waals surface area contributed by atoms with Crippen LogP contribution in [0.15, 0.2) is 0 Å². The van der Waals surface area contributed by atoms with Gasteiger partial charge in [-0.15, -0.1) is 0 Å². The molecule has 1 aliphatic heterocycles. The van der Waals surface area contributed by atoms with Gasteiger partial charge in [-0.2, -0.15) is 0 Å². The minimum absolute atomic E-state index is 0.00540. The van der Waals surface area contributed by atoms with E-state index in [1.807, 2.05) is 6.92 Å². The summed E-state index contributed by atoms with van der Waals surface area (Å²) < 4.78 is 20.4. The molecule has 3 nitrogen and oxygen atoms in total. The first kappa shape index (κ1) is 6.27. The van der Waals surface area contributed by atoms with Crippen molar-refractivity contribution in [3.8, 4) is 0 Å². The van der Waals surface area contributed by atoms with Crippen LogP contribution in [0.3, 0.4) is 0 Å². The molecule has 0 aromatic carbocycles. The molecule has 4 heteroatoms. The van der Waals surface area contributed by atoms with Gasteiger partial charge in [0.1, 0.15) is 0 Å². The van der Waals surface area contributed by atoms with Crippen molar-refractivity contribution >= 4 is 7.60 Å². The molecule has 48 valence electrons. The van der Waals surface area contributed by atoms with Crippen LogP contribution in [0.4, 0.5) is 0 Å². The number of hydrogen-bond donors (Lipinski definition) is 0. The first-order valence-electron chi connectivity index (χ1n) is 2.50. The van der Waals surface area contributed by atoms with Gasteiger partial charge in [0.2, 0.25) is 0 Å². The maximum atomic E-state index is 10.8. The average Bonchev–Trinajstić information content (AvgIpc) is 1.82. The van der Waals surface area contributed by atoms with E-state index in [4.69, 9.17) is 9.05 Å². The minimum Gasteiger partial charge on any atom is -0.306 e. The van der Waals surface area contributed by atoms with Crippen LogP contribution in [0.1, 0.15) is 6.92 Å². The standard InChI is InChI=1S/C4H9O3P/c1-4-3-6-8(2,5)7-4/h4H,3H2,1-2H3. The van der Waals surface area contributed by atoms with Gasteiger partial charge in [-0.25, -0.2) is 0 Å². The molecule has 1 fully saturated rings. The summed E-state index contributed by atoms with van der Waals surface area (Å²) in [7, 11) is -2.60. The average molecular weight is 136 g/mol. The summed E-state index contributed by atoms with van der Waals surface area (Å²) in [4.78, 5) is 0. The molecule has 1 rings (SSSR count). The second kappa shape index (κ2) is 1.83. The van der Waals surface area contributed by atoms with Gasteiger partial charge < -0.3 is 9.05 Å². The first-order chi connectivity index (χ1) is 3.60. The van der Waals surface area contributed by atoms with Crippen LogP contribution in [0.5, 0.6) is 0 Å². The Morgan fingerprint density at radius 1 is 1.75 bits per heavy atom. The third kappa shape index (κ3) is 1.31. The van der Waals surface area contributed by atoms with Crippen molar-refractivity contribution in [1.82, 2.24) is 0 Å². The molecule has 1 saturated heterocycles. The maximum Gasteiger partial charge on any atom is 0.328 e. The molecule has 1 aliphatic rings. The molecule has 0 aromatic rings. The highest BCUT2D eigenvalue weighted by Gasteiger charge is 2.28. The summed E-state index contributed by atoms with van der Waals surface area (Å²) in [6, 6.07) is 0. The van der Waals surface area contributed by atoms with E-state index in [1.54, 1.807) is 0 Å². The zero-order chi connectivity index (χ0) is 6.20. The van der Waals surface area contributed by atoms with Gasteiger partial charge in [0.05, 0.1) is 12.7 Å². The smallest absolute Gasteiger partial charge is 0.306 e. The molecule has 0 aromatic heterocycles. The van der Waals surface area contributed by atoms with Gasteiger partial charge >= 0.3 is 7.60 Å². The molecule has 0 radical (unpaired) electrons. The van der Waals surface area contributed by atoms with E-state index >= 15 is 0 Å². The lowest BCUT2D eigenvalue weighted by atomic mass is 10.5. The Morgan fingerprint density at radius 3 is 2.50 bits per heavy atom. The molecule has 0 bridgehead atoms. The summed E-state index contributed by atoms with van der Waals surface area (Å²) in [6.07, 6.45) is 0.00540. The summed E-state index contributed by atoms with van der Waals surface area (Å²) in [5, 5.41) is 0. The van der Waals surface area contributed by atoms with Crippen molar-refractivity contribution in [3.05, 3.63) is 0 Å². The van der Waals surface area contributed by atoms with Gasteiger partial charge in [0, 0.05) is 6.66 Å². The zero-order valence-electron chi connectivity index (χ0n) is 4.96. The number of rotatable bonds is 0. The van der Waals surface area contributed by atoms with Gasteiger partial charge in [-0.05, 0) is 6.92 Å². The van der Waals surface area contributed by atoms with E-state index < -0.39 is 7.60 Å². The topological polar surface area (TPSA) is 35.5 Å². The second-order valence-electron chi connectivity index (χ2n) is 1.98. The largest absolute Gasteiger partial charge is 0.328 e. The lowest BCUT2D eigenvalue weighted by Crippen LogP contribution is -1.99. The Balaban J connectivity index is 2.57. The van der Waals surface area contributed by atoms with E-state index in [9.17, 15) is 4.57 Å². The Morgan fingerprint density at radius 2 is 2.38 bits per heavy atom. The van der Waals surface area contributed by atoms with Crippen LogP contribution < -0.4 is 0 Å². The number of hydrogen-bond acceptors (Lipinski definition) is 3. The molecular weight excluding hydrogens is 127 g/mol. The lowest BCUT2D eigenvalue weighted by Gasteiger charge is -1.99. The predicted octanol–water partition coefficient (Wildman–Crippen LogP) is 1.24. The molecule has 8 heavy (non-hydrogen) atoms. The Labute approximate surface area is 48.5 Å². The third-order valence-corrected chi connectivity index (χ3v) is 2.28. The Kier molecular flexibility index (Phi) is 1.44. The summed E-state index contributed by atoms with van der Waals surface area (Å²) in [6.45, 7) is 3.79. The highest BCUT2D eigenvalue weighted by Crippen LogP contribution is 2.49. The lowest BCUT2D eigenvalue weighted by molar-refractivity contribution is 0.257. The van der Waals surface area contributed by atoms with E-state index in [1.165, 1.54) is 6.66 Å². The van der Waals surface area contributed by atoms with Crippen molar-refractivity contribution in [2.75, 3.05) is 13.3 Å². The quantitative estimate of drug-likeness (QED) is 0.470. The van der Waals surface area contributed by atoms with Crippen molar-refractivity contribution in [3.63, 3.8) is 0 Å². The highest BCUT2D eigenvalue weighted by molar-refractivity contribution is 7.53. The van der Waals surface area contributed by atoms with E-state index in [0.717, 1.165) is 0 Å². The van der Waals surface area contributed by atoms with Gasteiger partial charge in [0.25, 0.3) is 0 Å². The molecule has 0 spiro atoms. The SMILES string of the molecule is CC1COP(C)(=O)O1. The molecule has 0 aliphatic carbocycles. The van der Waals surface area contributed by atoms with Gasteiger partial charge in [0.15, 0.2) is 0 Å². The second-order valence-corrected chi connectivity index (χ2v) is 3.99.